The van der Waals surface area contributed by atoms with Crippen LogP contribution in [0.25, 0.3) is 5.95 Å². The number of anilines is 2. The Hall–Kier alpha value is -2.18. The van der Waals surface area contributed by atoms with Crippen molar-refractivity contribution >= 4 is 11.9 Å². The van der Waals surface area contributed by atoms with E-state index < -0.39 is 0 Å². The molecule has 0 aromatic carbocycles. The molecule has 7 nitrogen and oxygen atoms in total. The fourth-order valence-corrected chi connectivity index (χ4v) is 2.87. The van der Waals surface area contributed by atoms with Crippen LogP contribution in [0.3, 0.4) is 0 Å². The maximum absolute atomic E-state index is 5.76. The summed E-state index contributed by atoms with van der Waals surface area (Å²) in [6, 6.07) is 1.82. The van der Waals surface area contributed by atoms with Crippen molar-refractivity contribution in [2.24, 2.45) is 11.8 Å². The lowest BCUT2D eigenvalue weighted by atomic mass is 9.80. The first-order valence-electron chi connectivity index (χ1n) is 7.48. The second-order valence-electron chi connectivity index (χ2n) is 5.67. The van der Waals surface area contributed by atoms with Crippen LogP contribution in [0.1, 0.15) is 32.6 Å². The van der Waals surface area contributed by atoms with Crippen LogP contribution >= 0.6 is 0 Å². The largest absolute Gasteiger partial charge is 0.368 e. The normalized spacial score (nSPS) is 22.1. The summed E-state index contributed by atoms with van der Waals surface area (Å²) in [6.07, 6.45) is 8.69. The molecule has 0 aliphatic heterocycles. The predicted molar refractivity (Wildman–Crippen MR) is 81.0 cm³/mol. The van der Waals surface area contributed by atoms with E-state index in [4.69, 9.17) is 5.73 Å². The maximum atomic E-state index is 5.76. The molecule has 3 rings (SSSR count). The molecule has 2 heterocycles. The van der Waals surface area contributed by atoms with E-state index in [1.54, 1.807) is 17.1 Å². The highest BCUT2D eigenvalue weighted by Crippen LogP contribution is 2.29. The number of nitrogen functional groups attached to an aromatic ring is 1. The van der Waals surface area contributed by atoms with Crippen molar-refractivity contribution in [1.82, 2.24) is 24.7 Å². The molecule has 3 N–H and O–H groups in total. The van der Waals surface area contributed by atoms with Crippen LogP contribution in [0.2, 0.25) is 0 Å². The van der Waals surface area contributed by atoms with Crippen LogP contribution in [0.15, 0.2) is 18.5 Å². The average molecular weight is 287 g/mol. The van der Waals surface area contributed by atoms with Gasteiger partial charge in [-0.05, 0) is 24.3 Å². The van der Waals surface area contributed by atoms with E-state index in [1.165, 1.54) is 25.7 Å². The molecule has 0 spiro atoms. The van der Waals surface area contributed by atoms with E-state index in [1.807, 2.05) is 6.07 Å². The molecule has 112 valence electrons. The summed E-state index contributed by atoms with van der Waals surface area (Å²) >= 11 is 0. The number of hydrogen-bond acceptors (Lipinski definition) is 6. The van der Waals surface area contributed by atoms with Gasteiger partial charge in [-0.15, -0.1) is 0 Å². The molecule has 0 saturated heterocycles. The van der Waals surface area contributed by atoms with Crippen LogP contribution in [-0.4, -0.2) is 31.3 Å². The lowest BCUT2D eigenvalue weighted by Gasteiger charge is -2.28. The van der Waals surface area contributed by atoms with Crippen molar-refractivity contribution < 1.29 is 0 Å². The van der Waals surface area contributed by atoms with Crippen molar-refractivity contribution in [3.63, 3.8) is 0 Å². The third-order valence-corrected chi connectivity index (χ3v) is 4.16. The number of nitrogens with zero attached hydrogens (tertiary/aromatic N) is 5. The van der Waals surface area contributed by atoms with Gasteiger partial charge in [-0.3, -0.25) is 0 Å². The number of aromatic nitrogens is 5. The monoisotopic (exact) mass is 287 g/mol. The SMILES string of the molecule is CC1CCCCC1CNc1nc(N)nc(-n2cccn2)n1. The second kappa shape index (κ2) is 6.07. The second-order valence-corrected chi connectivity index (χ2v) is 5.67. The van der Waals surface area contributed by atoms with Crippen LogP contribution in [0.4, 0.5) is 11.9 Å². The van der Waals surface area contributed by atoms with Crippen LogP contribution in [0.5, 0.6) is 0 Å². The quantitative estimate of drug-likeness (QED) is 0.891. The summed E-state index contributed by atoms with van der Waals surface area (Å²) in [6.45, 7) is 3.20. The Morgan fingerprint density at radius 3 is 2.90 bits per heavy atom. The summed E-state index contributed by atoms with van der Waals surface area (Å²) in [5.74, 6) is 2.58. The Kier molecular flexibility index (Phi) is 3.98. The van der Waals surface area contributed by atoms with Gasteiger partial charge < -0.3 is 11.1 Å². The molecule has 2 aromatic heterocycles. The first-order valence-corrected chi connectivity index (χ1v) is 7.48. The molecule has 0 amide bonds. The van der Waals surface area contributed by atoms with Crippen LogP contribution in [0, 0.1) is 11.8 Å². The highest BCUT2D eigenvalue weighted by Gasteiger charge is 2.21. The zero-order chi connectivity index (χ0) is 14.7. The first-order chi connectivity index (χ1) is 10.2. The third kappa shape index (κ3) is 3.29. The number of nitrogens with two attached hydrogens (primary N) is 1. The van der Waals surface area contributed by atoms with Crippen molar-refractivity contribution in [2.45, 2.75) is 32.6 Å². The number of nitrogens with one attached hydrogen (secondary N) is 1. The molecular formula is C14H21N7. The van der Waals surface area contributed by atoms with Gasteiger partial charge in [-0.25, -0.2) is 4.68 Å². The van der Waals surface area contributed by atoms with Crippen molar-refractivity contribution in [2.75, 3.05) is 17.6 Å². The molecule has 2 unspecified atom stereocenters. The van der Waals surface area contributed by atoms with E-state index in [0.717, 1.165) is 12.5 Å². The standard InChI is InChI=1S/C14H21N7/c1-10-5-2-3-6-11(10)9-16-13-18-12(15)19-14(20-13)21-8-4-7-17-21/h4,7-8,10-11H,2-3,5-6,9H2,1H3,(H3,15,16,18,19,20). The van der Waals surface area contributed by atoms with Gasteiger partial charge >= 0.3 is 0 Å². The first kappa shape index (κ1) is 13.8. The number of rotatable bonds is 4. The Labute approximate surface area is 124 Å². The summed E-state index contributed by atoms with van der Waals surface area (Å²) < 4.78 is 1.58. The van der Waals surface area contributed by atoms with Gasteiger partial charge in [0.25, 0.3) is 5.95 Å². The molecule has 2 aromatic rings. The zero-order valence-electron chi connectivity index (χ0n) is 12.2. The van der Waals surface area contributed by atoms with Gasteiger partial charge in [0.05, 0.1) is 0 Å². The minimum Gasteiger partial charge on any atom is -0.368 e. The summed E-state index contributed by atoms with van der Waals surface area (Å²) in [5, 5.41) is 7.42. The Morgan fingerprint density at radius 2 is 2.14 bits per heavy atom. The lowest BCUT2D eigenvalue weighted by molar-refractivity contribution is 0.268. The molecule has 1 fully saturated rings. The topological polar surface area (TPSA) is 94.5 Å². The zero-order valence-corrected chi connectivity index (χ0v) is 12.2. The van der Waals surface area contributed by atoms with Gasteiger partial charge in [0, 0.05) is 18.9 Å². The van der Waals surface area contributed by atoms with Gasteiger partial charge in [0.2, 0.25) is 11.9 Å². The minimum absolute atomic E-state index is 0.203. The molecular weight excluding hydrogens is 266 g/mol. The summed E-state index contributed by atoms with van der Waals surface area (Å²) in [5.41, 5.74) is 5.76. The van der Waals surface area contributed by atoms with Crippen molar-refractivity contribution in [1.29, 1.82) is 0 Å². The van der Waals surface area contributed by atoms with E-state index >= 15 is 0 Å². The Morgan fingerprint density at radius 1 is 1.29 bits per heavy atom. The molecule has 7 heteroatoms. The molecule has 0 radical (unpaired) electrons. The third-order valence-electron chi connectivity index (χ3n) is 4.16. The highest BCUT2D eigenvalue weighted by molar-refractivity contribution is 5.34. The molecule has 21 heavy (non-hydrogen) atoms. The molecule has 0 bridgehead atoms. The van der Waals surface area contributed by atoms with E-state index in [9.17, 15) is 0 Å². The predicted octanol–water partition coefficient (Wildman–Crippen LogP) is 1.88. The molecule has 1 aliphatic carbocycles. The lowest BCUT2D eigenvalue weighted by Crippen LogP contribution is -2.25. The number of hydrogen-bond donors (Lipinski definition) is 2. The average Bonchev–Trinajstić information content (AvgIpc) is 3.00. The van der Waals surface area contributed by atoms with Gasteiger partial charge in [-0.1, -0.05) is 26.2 Å². The molecule has 1 aliphatic rings. The van der Waals surface area contributed by atoms with Gasteiger partial charge in [0.1, 0.15) is 0 Å². The minimum atomic E-state index is 0.203. The summed E-state index contributed by atoms with van der Waals surface area (Å²) in [4.78, 5) is 12.6. The smallest absolute Gasteiger partial charge is 0.257 e. The van der Waals surface area contributed by atoms with E-state index in [0.29, 0.717) is 17.8 Å². The molecule has 1 saturated carbocycles. The Bertz CT molecular complexity index is 581. The van der Waals surface area contributed by atoms with Crippen molar-refractivity contribution in [3.05, 3.63) is 18.5 Å². The fraction of sp³-hybridized carbons (Fsp3) is 0.571. The summed E-state index contributed by atoms with van der Waals surface area (Å²) in [7, 11) is 0. The highest BCUT2D eigenvalue weighted by atomic mass is 15.4. The van der Waals surface area contributed by atoms with Crippen LogP contribution < -0.4 is 11.1 Å². The van der Waals surface area contributed by atoms with E-state index in [-0.39, 0.29) is 5.95 Å². The van der Waals surface area contributed by atoms with Gasteiger partial charge in [0.15, 0.2) is 0 Å². The fourth-order valence-electron chi connectivity index (χ4n) is 2.87. The Balaban J connectivity index is 1.70. The maximum Gasteiger partial charge on any atom is 0.257 e. The van der Waals surface area contributed by atoms with Gasteiger partial charge in [-0.2, -0.15) is 20.1 Å². The van der Waals surface area contributed by atoms with Crippen LogP contribution in [-0.2, 0) is 0 Å². The molecule has 2 atom stereocenters. The van der Waals surface area contributed by atoms with E-state index in [2.05, 4.69) is 32.3 Å². The van der Waals surface area contributed by atoms with Crippen molar-refractivity contribution in [3.8, 4) is 5.95 Å².